The van der Waals surface area contributed by atoms with Crippen molar-refractivity contribution < 1.29 is 4.42 Å². The number of hydrogen-bond acceptors (Lipinski definition) is 4. The molecule has 0 saturated carbocycles. The number of oxazole rings is 1. The van der Waals surface area contributed by atoms with Crippen LogP contribution in [0.4, 0.5) is 0 Å². The first-order chi connectivity index (χ1) is 15.0. The van der Waals surface area contributed by atoms with Crippen molar-refractivity contribution in [3.63, 3.8) is 0 Å². The Morgan fingerprint density at radius 3 is 2.19 bits per heavy atom. The van der Waals surface area contributed by atoms with Gasteiger partial charge in [0.2, 0.25) is 5.89 Å². The van der Waals surface area contributed by atoms with Crippen LogP contribution in [0.25, 0.3) is 28.2 Å². The van der Waals surface area contributed by atoms with Gasteiger partial charge in [-0.25, -0.2) is 9.50 Å². The van der Waals surface area contributed by atoms with Crippen molar-refractivity contribution >= 4 is 5.52 Å². The molecule has 154 valence electrons. The molecule has 6 nitrogen and oxygen atoms in total. The highest BCUT2D eigenvalue weighted by Crippen LogP contribution is 2.23. The first kappa shape index (κ1) is 19.1. The second-order valence-electron chi connectivity index (χ2n) is 7.84. The number of aromatic nitrogens is 4. The Bertz CT molecular complexity index is 1440. The number of rotatable bonds is 4. The average Bonchev–Trinajstić information content (AvgIpc) is 3.36. The van der Waals surface area contributed by atoms with Crippen molar-refractivity contribution in [1.82, 2.24) is 19.2 Å². The lowest BCUT2D eigenvalue weighted by molar-refractivity contribution is 0.537. The topological polar surface area (TPSA) is 65.3 Å². The van der Waals surface area contributed by atoms with E-state index < -0.39 is 0 Å². The molecule has 0 spiro atoms. The van der Waals surface area contributed by atoms with E-state index in [0.717, 1.165) is 22.5 Å². The second-order valence-corrected chi connectivity index (χ2v) is 7.84. The van der Waals surface area contributed by atoms with Gasteiger partial charge in [-0.3, -0.25) is 4.79 Å². The average molecular weight is 410 g/mol. The Morgan fingerprint density at radius 2 is 1.52 bits per heavy atom. The fraction of sp³-hybridized carbons (Fsp3) is 0.160. The van der Waals surface area contributed by atoms with E-state index in [1.807, 2.05) is 75.4 Å². The van der Waals surface area contributed by atoms with Crippen LogP contribution in [0.1, 0.15) is 22.6 Å². The van der Waals surface area contributed by atoms with Crippen LogP contribution >= 0.6 is 0 Å². The molecule has 5 rings (SSSR count). The second kappa shape index (κ2) is 7.40. The van der Waals surface area contributed by atoms with Crippen molar-refractivity contribution in [2.75, 3.05) is 0 Å². The number of benzene rings is 2. The molecular weight excluding hydrogens is 388 g/mol. The summed E-state index contributed by atoms with van der Waals surface area (Å²) < 4.78 is 9.13. The zero-order valence-electron chi connectivity index (χ0n) is 17.7. The van der Waals surface area contributed by atoms with E-state index in [9.17, 15) is 4.79 Å². The number of hydrogen-bond donors (Lipinski definition) is 0. The third-order valence-corrected chi connectivity index (χ3v) is 5.46. The maximum Gasteiger partial charge on any atom is 0.276 e. The quantitative estimate of drug-likeness (QED) is 0.427. The lowest BCUT2D eigenvalue weighted by Crippen LogP contribution is -2.22. The Kier molecular flexibility index (Phi) is 4.55. The Labute approximate surface area is 179 Å². The van der Waals surface area contributed by atoms with Gasteiger partial charge in [-0.2, -0.15) is 5.10 Å². The van der Waals surface area contributed by atoms with Crippen LogP contribution in [-0.4, -0.2) is 19.2 Å². The Morgan fingerprint density at radius 1 is 0.871 bits per heavy atom. The largest absolute Gasteiger partial charge is 0.441 e. The number of fused-ring (bicyclic) bond motifs is 1. The van der Waals surface area contributed by atoms with Gasteiger partial charge in [0, 0.05) is 23.5 Å². The van der Waals surface area contributed by atoms with Gasteiger partial charge in [-0.15, -0.1) is 0 Å². The van der Waals surface area contributed by atoms with Gasteiger partial charge in [0.05, 0.1) is 12.2 Å². The highest BCUT2D eigenvalue weighted by molar-refractivity contribution is 5.65. The fourth-order valence-electron chi connectivity index (χ4n) is 3.57. The molecule has 5 aromatic rings. The van der Waals surface area contributed by atoms with E-state index in [1.165, 1.54) is 11.1 Å². The molecule has 3 heterocycles. The standard InChI is InChI=1S/C25H22N4O2/c1-16-4-8-19(9-5-16)21-14-23-25(30)28(12-13-29(23)27-21)15-22-18(3)31-24(26-22)20-10-6-17(2)7-11-20/h4-14H,15H2,1-3H3. The zero-order valence-corrected chi connectivity index (χ0v) is 17.7. The summed E-state index contributed by atoms with van der Waals surface area (Å²) in [4.78, 5) is 17.7. The van der Waals surface area contributed by atoms with Crippen LogP contribution in [0, 0.1) is 20.8 Å². The summed E-state index contributed by atoms with van der Waals surface area (Å²) in [7, 11) is 0. The Balaban J connectivity index is 1.48. The summed E-state index contributed by atoms with van der Waals surface area (Å²) >= 11 is 0. The van der Waals surface area contributed by atoms with Crippen molar-refractivity contribution in [1.29, 1.82) is 0 Å². The maximum absolute atomic E-state index is 13.1. The van der Waals surface area contributed by atoms with Gasteiger partial charge in [0.15, 0.2) is 0 Å². The van der Waals surface area contributed by atoms with Crippen LogP contribution in [0.15, 0.2) is 76.2 Å². The summed E-state index contributed by atoms with van der Waals surface area (Å²) in [5.74, 6) is 1.27. The van der Waals surface area contributed by atoms with E-state index in [-0.39, 0.29) is 5.56 Å². The van der Waals surface area contributed by atoms with Gasteiger partial charge < -0.3 is 8.98 Å². The van der Waals surface area contributed by atoms with Crippen molar-refractivity contribution in [3.8, 4) is 22.7 Å². The molecule has 0 bridgehead atoms. The predicted octanol–water partition coefficient (Wildman–Crippen LogP) is 4.79. The van der Waals surface area contributed by atoms with Crippen LogP contribution < -0.4 is 5.56 Å². The number of nitrogens with zero attached hydrogens (tertiary/aromatic N) is 4. The van der Waals surface area contributed by atoms with E-state index >= 15 is 0 Å². The predicted molar refractivity (Wildman–Crippen MR) is 120 cm³/mol. The molecule has 0 atom stereocenters. The summed E-state index contributed by atoms with van der Waals surface area (Å²) in [6, 6.07) is 18.0. The minimum Gasteiger partial charge on any atom is -0.441 e. The molecule has 2 aromatic carbocycles. The fourth-order valence-corrected chi connectivity index (χ4v) is 3.57. The molecule has 31 heavy (non-hydrogen) atoms. The van der Waals surface area contributed by atoms with E-state index in [2.05, 4.69) is 10.1 Å². The highest BCUT2D eigenvalue weighted by atomic mass is 16.4. The Hall–Kier alpha value is -3.93. The molecule has 0 unspecified atom stereocenters. The van der Waals surface area contributed by atoms with E-state index in [0.29, 0.717) is 23.7 Å². The van der Waals surface area contributed by atoms with Crippen molar-refractivity contribution in [3.05, 3.63) is 99.9 Å². The van der Waals surface area contributed by atoms with Crippen LogP contribution in [0.2, 0.25) is 0 Å². The smallest absolute Gasteiger partial charge is 0.276 e. The third-order valence-electron chi connectivity index (χ3n) is 5.46. The van der Waals surface area contributed by atoms with Crippen molar-refractivity contribution in [2.45, 2.75) is 27.3 Å². The van der Waals surface area contributed by atoms with Crippen molar-refractivity contribution in [2.24, 2.45) is 0 Å². The highest BCUT2D eigenvalue weighted by Gasteiger charge is 2.14. The monoisotopic (exact) mass is 410 g/mol. The van der Waals surface area contributed by atoms with Crippen LogP contribution in [-0.2, 0) is 6.54 Å². The third kappa shape index (κ3) is 3.57. The van der Waals surface area contributed by atoms with Gasteiger partial charge in [0.25, 0.3) is 5.56 Å². The molecular formula is C25H22N4O2. The summed E-state index contributed by atoms with van der Waals surface area (Å²) in [6.45, 7) is 6.29. The molecule has 3 aromatic heterocycles. The summed E-state index contributed by atoms with van der Waals surface area (Å²) in [5.41, 5.74) is 6.18. The molecule has 0 fully saturated rings. The minimum atomic E-state index is -0.118. The molecule has 0 aliphatic carbocycles. The molecule has 0 radical (unpaired) electrons. The van der Waals surface area contributed by atoms with E-state index in [4.69, 9.17) is 4.42 Å². The first-order valence-electron chi connectivity index (χ1n) is 10.2. The molecule has 0 aliphatic heterocycles. The summed E-state index contributed by atoms with van der Waals surface area (Å²) in [5, 5.41) is 4.56. The maximum atomic E-state index is 13.1. The minimum absolute atomic E-state index is 0.118. The lowest BCUT2D eigenvalue weighted by Gasteiger charge is -2.04. The van der Waals surface area contributed by atoms with Gasteiger partial charge >= 0.3 is 0 Å². The first-order valence-corrected chi connectivity index (χ1v) is 10.2. The lowest BCUT2D eigenvalue weighted by atomic mass is 10.1. The summed E-state index contributed by atoms with van der Waals surface area (Å²) in [6.07, 6.45) is 3.53. The molecule has 0 aliphatic rings. The SMILES string of the molecule is Cc1ccc(-c2cc3c(=O)n(Cc4nc(-c5ccc(C)cc5)oc4C)ccn3n2)cc1. The molecule has 0 N–H and O–H groups in total. The zero-order chi connectivity index (χ0) is 21.5. The van der Waals surface area contributed by atoms with Crippen LogP contribution in [0.3, 0.4) is 0 Å². The van der Waals surface area contributed by atoms with Gasteiger partial charge in [0.1, 0.15) is 17.0 Å². The molecule has 0 amide bonds. The normalized spacial score (nSPS) is 11.3. The van der Waals surface area contributed by atoms with Crippen LogP contribution in [0.5, 0.6) is 0 Å². The molecule has 0 saturated heterocycles. The number of aryl methyl sites for hydroxylation is 3. The van der Waals surface area contributed by atoms with Gasteiger partial charge in [-0.1, -0.05) is 47.5 Å². The molecule has 6 heteroatoms. The van der Waals surface area contributed by atoms with Gasteiger partial charge in [-0.05, 0) is 39.0 Å². The van der Waals surface area contributed by atoms with E-state index in [1.54, 1.807) is 21.5 Å².